The Bertz CT molecular complexity index is 666. The molecule has 6 heteroatoms. The molecule has 3 rings (SSSR count). The van der Waals surface area contributed by atoms with E-state index in [-0.39, 0.29) is 0 Å². The fourth-order valence-corrected chi connectivity index (χ4v) is 1.87. The van der Waals surface area contributed by atoms with Gasteiger partial charge in [0.15, 0.2) is 0 Å². The Morgan fingerprint density at radius 2 is 2.17 bits per heavy atom. The molecule has 3 aromatic heterocycles. The van der Waals surface area contributed by atoms with E-state index < -0.39 is 0 Å². The van der Waals surface area contributed by atoms with Crippen molar-refractivity contribution in [2.45, 2.75) is 20.4 Å². The summed E-state index contributed by atoms with van der Waals surface area (Å²) in [5, 5.41) is 14.9. The Morgan fingerprint density at radius 3 is 3.00 bits per heavy atom. The van der Waals surface area contributed by atoms with Gasteiger partial charge in [-0.2, -0.15) is 15.4 Å². The molecule has 0 saturated heterocycles. The van der Waals surface area contributed by atoms with Gasteiger partial charge in [0.25, 0.3) is 0 Å². The van der Waals surface area contributed by atoms with E-state index in [0.29, 0.717) is 11.6 Å². The first-order valence-corrected chi connectivity index (χ1v) is 5.93. The average molecular weight is 242 g/mol. The van der Waals surface area contributed by atoms with Crippen LogP contribution in [0, 0.1) is 5.92 Å². The van der Waals surface area contributed by atoms with Crippen LogP contribution in [0.3, 0.4) is 0 Å². The van der Waals surface area contributed by atoms with Gasteiger partial charge in [0, 0.05) is 18.3 Å². The van der Waals surface area contributed by atoms with Gasteiger partial charge in [0.1, 0.15) is 5.52 Å². The number of aromatic nitrogens is 6. The van der Waals surface area contributed by atoms with Gasteiger partial charge in [-0.05, 0) is 18.1 Å². The van der Waals surface area contributed by atoms with Gasteiger partial charge in [-0.1, -0.05) is 13.8 Å². The molecule has 3 aromatic rings. The summed E-state index contributed by atoms with van der Waals surface area (Å²) in [7, 11) is 0. The van der Waals surface area contributed by atoms with Crippen molar-refractivity contribution in [3.63, 3.8) is 0 Å². The Hall–Kier alpha value is -2.24. The van der Waals surface area contributed by atoms with E-state index in [1.165, 1.54) is 0 Å². The van der Waals surface area contributed by atoms with Crippen molar-refractivity contribution in [1.82, 2.24) is 30.2 Å². The average Bonchev–Trinajstić information content (AvgIpc) is 2.95. The van der Waals surface area contributed by atoms with Gasteiger partial charge >= 0.3 is 0 Å². The van der Waals surface area contributed by atoms with Gasteiger partial charge in [-0.25, -0.2) is 4.98 Å². The van der Waals surface area contributed by atoms with E-state index in [0.717, 1.165) is 23.3 Å². The smallest absolute Gasteiger partial charge is 0.202 e. The van der Waals surface area contributed by atoms with E-state index >= 15 is 0 Å². The molecule has 0 fully saturated rings. The minimum Gasteiger partial charge on any atom is -0.272 e. The summed E-state index contributed by atoms with van der Waals surface area (Å²) in [5.41, 5.74) is 3.27. The van der Waals surface area contributed by atoms with Gasteiger partial charge in [-0.3, -0.25) is 4.68 Å². The van der Waals surface area contributed by atoms with Crippen LogP contribution in [0.25, 0.3) is 22.4 Å². The first-order valence-electron chi connectivity index (χ1n) is 5.93. The Kier molecular flexibility index (Phi) is 2.55. The first kappa shape index (κ1) is 10.9. The Balaban J connectivity index is 1.95. The number of hydrogen-bond donors (Lipinski definition) is 1. The van der Waals surface area contributed by atoms with Crippen molar-refractivity contribution in [1.29, 1.82) is 0 Å². The molecule has 0 aromatic carbocycles. The number of fused-ring (bicyclic) bond motifs is 1. The van der Waals surface area contributed by atoms with Crippen LogP contribution in [-0.4, -0.2) is 30.2 Å². The molecule has 6 nitrogen and oxygen atoms in total. The molecule has 0 aliphatic carbocycles. The van der Waals surface area contributed by atoms with Crippen molar-refractivity contribution in [3.05, 3.63) is 24.5 Å². The summed E-state index contributed by atoms with van der Waals surface area (Å²) in [6, 6.07) is 3.84. The summed E-state index contributed by atoms with van der Waals surface area (Å²) in [4.78, 5) is 4.44. The van der Waals surface area contributed by atoms with Crippen LogP contribution in [0.15, 0.2) is 24.5 Å². The summed E-state index contributed by atoms with van der Waals surface area (Å²) in [6.07, 6.45) is 3.84. The molecule has 0 atom stereocenters. The fraction of sp³-hybridized carbons (Fsp3) is 0.333. The second-order valence-corrected chi connectivity index (χ2v) is 4.71. The van der Waals surface area contributed by atoms with Crippen LogP contribution in [0.2, 0.25) is 0 Å². The van der Waals surface area contributed by atoms with Crippen LogP contribution in [0.1, 0.15) is 13.8 Å². The van der Waals surface area contributed by atoms with E-state index in [4.69, 9.17) is 0 Å². The number of rotatable bonds is 3. The lowest BCUT2D eigenvalue weighted by atomic mass is 10.2. The van der Waals surface area contributed by atoms with Crippen LogP contribution in [-0.2, 0) is 6.54 Å². The third kappa shape index (κ3) is 1.97. The van der Waals surface area contributed by atoms with Crippen LogP contribution >= 0.6 is 0 Å². The third-order valence-corrected chi connectivity index (χ3v) is 2.66. The van der Waals surface area contributed by atoms with Crippen molar-refractivity contribution >= 4 is 11.2 Å². The number of pyridine rings is 1. The largest absolute Gasteiger partial charge is 0.272 e. The number of nitrogens with one attached hydrogen (secondary N) is 1. The second kappa shape index (κ2) is 4.21. The highest BCUT2D eigenvalue weighted by atomic mass is 15.3. The van der Waals surface area contributed by atoms with E-state index in [9.17, 15) is 0 Å². The van der Waals surface area contributed by atoms with Gasteiger partial charge in [0.05, 0.1) is 11.9 Å². The molecule has 0 radical (unpaired) electrons. The molecule has 1 N–H and O–H groups in total. The van der Waals surface area contributed by atoms with E-state index in [1.807, 2.05) is 29.2 Å². The lowest BCUT2D eigenvalue weighted by molar-refractivity contribution is 0.483. The van der Waals surface area contributed by atoms with Gasteiger partial charge in [-0.15, -0.1) is 5.10 Å². The zero-order valence-electron chi connectivity index (χ0n) is 10.3. The first-order chi connectivity index (χ1) is 8.72. The van der Waals surface area contributed by atoms with Crippen molar-refractivity contribution in [3.8, 4) is 11.3 Å². The maximum absolute atomic E-state index is 4.44. The summed E-state index contributed by atoms with van der Waals surface area (Å²) >= 11 is 0. The highest BCUT2D eigenvalue weighted by Gasteiger charge is 2.07. The highest BCUT2D eigenvalue weighted by Crippen LogP contribution is 2.18. The normalized spacial score (nSPS) is 11.5. The molecule has 92 valence electrons. The predicted octanol–water partition coefficient (Wildman–Crippen LogP) is 1.87. The fourth-order valence-electron chi connectivity index (χ4n) is 1.87. The second-order valence-electron chi connectivity index (χ2n) is 4.71. The van der Waals surface area contributed by atoms with Crippen LogP contribution in [0.5, 0.6) is 0 Å². The molecular formula is C12H14N6. The molecule has 0 unspecified atom stereocenters. The standard InChI is InChI=1S/C12H14N6/c1-8(2)6-18-7-9(5-13-18)10-3-4-11-12(14-10)16-17-15-11/h3-5,7-8H,6H2,1-2H3,(H,14,15,16,17). The summed E-state index contributed by atoms with van der Waals surface area (Å²) in [5.74, 6) is 0.573. The third-order valence-electron chi connectivity index (χ3n) is 2.66. The molecular weight excluding hydrogens is 228 g/mol. The monoisotopic (exact) mass is 242 g/mol. The summed E-state index contributed by atoms with van der Waals surface area (Å²) in [6.45, 7) is 5.24. The number of aromatic amines is 1. The SMILES string of the molecule is CC(C)Cn1cc(-c2ccc3n[nH]nc3n2)cn1. The molecule has 0 aliphatic heterocycles. The molecule has 3 heterocycles. The highest BCUT2D eigenvalue weighted by molar-refractivity contribution is 5.73. The number of hydrogen-bond acceptors (Lipinski definition) is 4. The number of nitrogens with zero attached hydrogens (tertiary/aromatic N) is 5. The molecule has 0 bridgehead atoms. The van der Waals surface area contributed by atoms with E-state index in [2.05, 4.69) is 39.3 Å². The molecule has 0 spiro atoms. The quantitative estimate of drug-likeness (QED) is 0.761. The van der Waals surface area contributed by atoms with Crippen molar-refractivity contribution in [2.75, 3.05) is 0 Å². The maximum atomic E-state index is 4.44. The lowest BCUT2D eigenvalue weighted by Gasteiger charge is -2.03. The molecule has 0 saturated carbocycles. The van der Waals surface area contributed by atoms with Crippen molar-refractivity contribution in [2.24, 2.45) is 5.92 Å². The topological polar surface area (TPSA) is 72.3 Å². The maximum Gasteiger partial charge on any atom is 0.202 e. The predicted molar refractivity (Wildman–Crippen MR) is 67.7 cm³/mol. The van der Waals surface area contributed by atoms with Gasteiger partial charge in [0.2, 0.25) is 5.65 Å². The van der Waals surface area contributed by atoms with Crippen LogP contribution in [0.4, 0.5) is 0 Å². The molecule has 0 amide bonds. The summed E-state index contributed by atoms with van der Waals surface area (Å²) < 4.78 is 1.94. The minimum atomic E-state index is 0.573. The number of H-pyrrole nitrogens is 1. The Labute approximate surface area is 104 Å². The van der Waals surface area contributed by atoms with Crippen LogP contribution < -0.4 is 0 Å². The van der Waals surface area contributed by atoms with E-state index in [1.54, 1.807) is 0 Å². The molecule has 18 heavy (non-hydrogen) atoms. The molecule has 0 aliphatic rings. The Morgan fingerprint density at radius 1 is 1.28 bits per heavy atom. The minimum absolute atomic E-state index is 0.573. The lowest BCUT2D eigenvalue weighted by Crippen LogP contribution is -2.03. The zero-order chi connectivity index (χ0) is 12.5. The van der Waals surface area contributed by atoms with Crippen molar-refractivity contribution < 1.29 is 0 Å². The van der Waals surface area contributed by atoms with Gasteiger partial charge < -0.3 is 0 Å². The zero-order valence-corrected chi connectivity index (χ0v) is 10.3.